The van der Waals surface area contributed by atoms with Gasteiger partial charge in [0.15, 0.2) is 11.2 Å². The van der Waals surface area contributed by atoms with Gasteiger partial charge in [-0.1, -0.05) is 282 Å². The minimum absolute atomic E-state index is 0.00864. The van der Waals surface area contributed by atoms with E-state index in [1.807, 2.05) is 6.07 Å². The van der Waals surface area contributed by atoms with Gasteiger partial charge < -0.3 is 27.9 Å². The van der Waals surface area contributed by atoms with Crippen molar-refractivity contribution in [2.45, 2.75) is 157 Å². The molecule has 0 atom stereocenters. The molecule has 0 saturated carbocycles. The van der Waals surface area contributed by atoms with E-state index in [1.165, 1.54) is 43.8 Å². The standard InChI is InChI=1S/C108H100BN5O/c1-103(2,3)67-43-51-89-81(55-67)82-56-68(104(4,5)6)44-52-90(82)111(89)73-47-49-85-95(63-73)113(94-42-30-38-78-77-37-29-41-93(101(77)115-102(78)94)112-91-53-45-69(105(7,8)9)57-83(91)84-58-70(106(10,11)12)46-54-92(84)112)97-61-72(108(16,17)18)62-98-99(97)109(85)86-50-48-74(110-87-39-27-25-35-75(87)76-36-26-28-40-88(76)110)64-96(86)114(98)100-79(65-31-21-19-22-32-65)59-71(107(13,14)15)60-80(100)66-33-23-20-24-34-66/h19-64H,1-18H3/i25D,26D,27D,28D,35D,36D,39D,40D. The van der Waals surface area contributed by atoms with Crippen LogP contribution >= 0.6 is 0 Å². The molecule has 4 aromatic heterocycles. The third-order valence-corrected chi connectivity index (χ3v) is 24.8. The van der Waals surface area contributed by atoms with E-state index in [0.717, 1.165) is 134 Å². The highest BCUT2D eigenvalue weighted by atomic mass is 16.3. The zero-order chi connectivity index (χ0) is 86.6. The van der Waals surface area contributed by atoms with Gasteiger partial charge in [0.25, 0.3) is 6.71 Å². The van der Waals surface area contributed by atoms with Crippen molar-refractivity contribution >= 4 is 145 Å². The van der Waals surface area contributed by atoms with Gasteiger partial charge >= 0.3 is 0 Å². The summed E-state index contributed by atoms with van der Waals surface area (Å²) in [5.74, 6) is 0. The van der Waals surface area contributed by atoms with Crippen LogP contribution in [0.1, 0.15) is 169 Å². The molecule has 0 unspecified atom stereocenters. The van der Waals surface area contributed by atoms with Gasteiger partial charge in [-0.3, -0.25) is 0 Å². The molecule has 2 aliphatic heterocycles. The minimum atomic E-state index is -0.525. The molecule has 0 saturated heterocycles. The molecule has 6 nitrogen and oxygen atoms in total. The first-order chi connectivity index (χ1) is 58.2. The SMILES string of the molecule is [2H]c1c([2H])c([2H])c2c(c1[2H])c1c([2H])c([2H])c([2H])c([2H])c1n2-c1ccc2c(c1)N(c1c(-c3ccccc3)cc(C(C)(C)C)cc1-c1ccccc1)c1cc(C(C)(C)C)cc3c1B2c1ccc(-n2c4ccc(C(C)(C)C)cc4c4cc(C(C)(C)C)ccc42)cc1N3c1cccc2c1oc1c(-n3c4ccc(C(C)(C)C)cc4c4cc(C(C)(C)C)ccc43)cccc12. The molecule has 20 rings (SSSR count). The summed E-state index contributed by atoms with van der Waals surface area (Å²) >= 11 is 0. The number of hydrogen-bond acceptors (Lipinski definition) is 3. The predicted molar refractivity (Wildman–Crippen MR) is 494 cm³/mol. The number of fused-ring (bicyclic) bond motifs is 16. The number of anilines is 6. The lowest BCUT2D eigenvalue weighted by Crippen LogP contribution is -2.61. The second-order valence-corrected chi connectivity index (χ2v) is 38.5. The second-order valence-electron chi connectivity index (χ2n) is 38.5. The van der Waals surface area contributed by atoms with Crippen LogP contribution in [-0.2, 0) is 32.5 Å². The topological polar surface area (TPSA) is 34.4 Å². The van der Waals surface area contributed by atoms with Crippen LogP contribution in [0.4, 0.5) is 34.1 Å². The van der Waals surface area contributed by atoms with Gasteiger partial charge in [0.2, 0.25) is 0 Å². The summed E-state index contributed by atoms with van der Waals surface area (Å²) in [6.45, 7) is 40.6. The Morgan fingerprint density at radius 2 is 0.635 bits per heavy atom. The maximum atomic E-state index is 9.92. The Bertz CT molecular complexity index is 7330. The van der Waals surface area contributed by atoms with Crippen LogP contribution < -0.4 is 26.2 Å². The van der Waals surface area contributed by atoms with Crippen LogP contribution in [0.25, 0.3) is 127 Å². The largest absolute Gasteiger partial charge is 0.452 e. The third-order valence-electron chi connectivity index (χ3n) is 24.8. The van der Waals surface area contributed by atoms with E-state index in [-0.39, 0.29) is 61.0 Å². The number of para-hydroxylation sites is 4. The van der Waals surface area contributed by atoms with Gasteiger partial charge in [-0.15, -0.1) is 0 Å². The van der Waals surface area contributed by atoms with Crippen molar-refractivity contribution in [1.82, 2.24) is 13.7 Å². The normalized spacial score (nSPS) is 14.6. The summed E-state index contributed by atoms with van der Waals surface area (Å²) in [5.41, 5.74) is 26.2. The molecule has 2 aliphatic rings. The van der Waals surface area contributed by atoms with Gasteiger partial charge in [-0.25, -0.2) is 0 Å². The van der Waals surface area contributed by atoms with Gasteiger partial charge in [0, 0.05) is 88.3 Å². The number of aromatic nitrogens is 3. The fourth-order valence-corrected chi connectivity index (χ4v) is 18.4. The zero-order valence-corrected chi connectivity index (χ0v) is 69.2. The molecule has 0 bridgehead atoms. The molecule has 7 heteroatoms. The van der Waals surface area contributed by atoms with Crippen LogP contribution in [-0.4, -0.2) is 20.4 Å². The molecule has 0 N–H and O–H groups in total. The minimum Gasteiger partial charge on any atom is -0.452 e. The summed E-state index contributed by atoms with van der Waals surface area (Å²) in [4.78, 5) is 4.97. The fraction of sp³-hybridized carbons (Fsp3) is 0.222. The molecule has 14 aromatic carbocycles. The molecule has 566 valence electrons. The summed E-state index contributed by atoms with van der Waals surface area (Å²) in [5, 5.41) is 6.67. The molecule has 0 spiro atoms. The molecule has 0 radical (unpaired) electrons. The van der Waals surface area contributed by atoms with Crippen LogP contribution in [0.2, 0.25) is 0 Å². The van der Waals surface area contributed by atoms with Crippen molar-refractivity contribution in [3.05, 3.63) is 312 Å². The highest BCUT2D eigenvalue weighted by molar-refractivity contribution is 7.00. The van der Waals surface area contributed by atoms with Crippen LogP contribution in [0.15, 0.2) is 283 Å². The van der Waals surface area contributed by atoms with E-state index in [9.17, 15) is 8.22 Å². The van der Waals surface area contributed by atoms with E-state index in [4.69, 9.17) is 7.16 Å². The molecule has 18 aromatic rings. The van der Waals surface area contributed by atoms with E-state index in [0.29, 0.717) is 11.3 Å². The lowest BCUT2D eigenvalue weighted by atomic mass is 9.33. The fourth-order valence-electron chi connectivity index (χ4n) is 18.4. The van der Waals surface area contributed by atoms with Crippen molar-refractivity contribution < 1.29 is 15.4 Å². The number of rotatable bonds is 7. The smallest absolute Gasteiger partial charge is 0.252 e. The van der Waals surface area contributed by atoms with Gasteiger partial charge in [0.05, 0.1) is 61.1 Å². The highest BCUT2D eigenvalue weighted by Crippen LogP contribution is 2.55. The van der Waals surface area contributed by atoms with Gasteiger partial charge in [0.1, 0.15) is 0 Å². The Kier molecular flexibility index (Phi) is 13.9. The van der Waals surface area contributed by atoms with Crippen molar-refractivity contribution in [2.24, 2.45) is 0 Å². The number of nitrogens with zero attached hydrogens (tertiary/aromatic N) is 5. The Morgan fingerprint density at radius 1 is 0.270 bits per heavy atom. The zero-order valence-electron chi connectivity index (χ0n) is 77.2. The van der Waals surface area contributed by atoms with Crippen LogP contribution in [0, 0.1) is 0 Å². The first-order valence-electron chi connectivity index (χ1n) is 44.7. The molecular weight excluding hydrogens is 1390 g/mol. The summed E-state index contributed by atoms with van der Waals surface area (Å²) in [6.07, 6.45) is 0. The first-order valence-corrected chi connectivity index (χ1v) is 40.7. The maximum absolute atomic E-state index is 9.92. The lowest BCUT2D eigenvalue weighted by Gasteiger charge is -2.46. The Balaban J connectivity index is 0.946. The van der Waals surface area contributed by atoms with Crippen molar-refractivity contribution in [3.8, 4) is 39.3 Å². The van der Waals surface area contributed by atoms with Crippen molar-refractivity contribution in [3.63, 3.8) is 0 Å². The monoisotopic (exact) mass is 1500 g/mol. The molecule has 0 aliphatic carbocycles. The third kappa shape index (κ3) is 11.3. The van der Waals surface area contributed by atoms with E-state index >= 15 is 0 Å². The predicted octanol–water partition coefficient (Wildman–Crippen LogP) is 28.1. The summed E-state index contributed by atoms with van der Waals surface area (Å²) in [6, 6.07) is 81.9. The Labute approximate surface area is 688 Å². The van der Waals surface area contributed by atoms with Gasteiger partial charge in [-0.05, 0) is 215 Å². The Morgan fingerprint density at radius 3 is 1.06 bits per heavy atom. The molecule has 0 amide bonds. The number of benzene rings is 14. The quantitative estimate of drug-likeness (QED) is 0.149. The molecule has 0 fully saturated rings. The average molecular weight is 1500 g/mol. The first kappa shape index (κ1) is 63.4. The number of hydrogen-bond donors (Lipinski definition) is 0. The number of furan rings is 1. The van der Waals surface area contributed by atoms with Crippen LogP contribution in [0.3, 0.4) is 0 Å². The molecule has 115 heavy (non-hydrogen) atoms. The molecular formula is C108H100BN5O. The van der Waals surface area contributed by atoms with Crippen molar-refractivity contribution in [2.75, 3.05) is 9.80 Å². The summed E-state index contributed by atoms with van der Waals surface area (Å²) < 4.78 is 90.6. The van der Waals surface area contributed by atoms with Crippen LogP contribution in [0.5, 0.6) is 0 Å². The maximum Gasteiger partial charge on any atom is 0.252 e. The average Bonchev–Trinajstić information content (AvgIpc) is 1.54. The van der Waals surface area contributed by atoms with Gasteiger partial charge in [-0.2, -0.15) is 0 Å². The second kappa shape index (κ2) is 25.2. The van der Waals surface area contributed by atoms with E-state index < -0.39 is 48.4 Å². The van der Waals surface area contributed by atoms with Crippen molar-refractivity contribution in [1.29, 1.82) is 0 Å². The lowest BCUT2D eigenvalue weighted by molar-refractivity contribution is 0.590. The highest BCUT2D eigenvalue weighted by Gasteiger charge is 2.47. The Hall–Kier alpha value is -12.1. The molecule has 6 heterocycles. The van der Waals surface area contributed by atoms with E-state index in [2.05, 4.69) is 368 Å². The summed E-state index contributed by atoms with van der Waals surface area (Å²) in [7, 11) is 0. The van der Waals surface area contributed by atoms with E-state index in [1.54, 1.807) is 4.57 Å².